The number of aliphatic hydroxyl groups is 1. The largest absolute Gasteiger partial charge is 0.504 e. The van der Waals surface area contributed by atoms with Crippen LogP contribution in [-0.4, -0.2) is 33.4 Å². The van der Waals surface area contributed by atoms with E-state index in [1.165, 1.54) is 11.6 Å². The molecule has 1 atom stereocenters. The minimum atomic E-state index is -0.909. The quantitative estimate of drug-likeness (QED) is 0.439. The number of phenolic OH excluding ortho intramolecular Hbond substituents is 2. The zero-order chi connectivity index (χ0) is 21.6. The molecule has 1 aromatic rings. The van der Waals surface area contributed by atoms with Gasteiger partial charge in [-0.1, -0.05) is 37.6 Å². The number of fused-ring (bicyclic) bond motifs is 1. The first kappa shape index (κ1) is 22.8. The van der Waals surface area contributed by atoms with Crippen LogP contribution in [-0.2, 0) is 6.54 Å². The Hall–Kier alpha value is -2.47. The molecule has 1 aromatic carbocycles. The maximum Gasteiger partial charge on any atom is 0.252 e. The van der Waals surface area contributed by atoms with Crippen LogP contribution in [0.3, 0.4) is 0 Å². The van der Waals surface area contributed by atoms with Crippen LogP contribution in [0.2, 0.25) is 0 Å². The third-order valence-corrected chi connectivity index (χ3v) is 5.06. The van der Waals surface area contributed by atoms with Gasteiger partial charge in [-0.3, -0.25) is 4.79 Å². The first-order valence-corrected chi connectivity index (χ1v) is 10.2. The summed E-state index contributed by atoms with van der Waals surface area (Å²) in [5, 5.41) is 33.6. The number of carbonyl (C=O) groups is 1. The molecule has 0 spiro atoms. The van der Waals surface area contributed by atoms with E-state index >= 15 is 0 Å². The summed E-state index contributed by atoms with van der Waals surface area (Å²) in [5.74, 6) is -0.363. The molecule has 0 bridgehead atoms. The molecular weight excluding hydrogens is 370 g/mol. The van der Waals surface area contributed by atoms with E-state index in [9.17, 15) is 20.1 Å². The van der Waals surface area contributed by atoms with Gasteiger partial charge in [0.05, 0.1) is 17.8 Å². The van der Waals surface area contributed by atoms with Gasteiger partial charge in [-0.05, 0) is 45.1 Å². The number of phenols is 2. The van der Waals surface area contributed by atoms with E-state index in [4.69, 9.17) is 4.74 Å². The van der Waals surface area contributed by atoms with Crippen LogP contribution in [0.15, 0.2) is 29.9 Å². The lowest BCUT2D eigenvalue weighted by Gasteiger charge is -2.23. The molecule has 0 saturated carbocycles. The third-order valence-electron chi connectivity index (χ3n) is 5.06. The van der Waals surface area contributed by atoms with Crippen LogP contribution in [0.25, 0.3) is 0 Å². The van der Waals surface area contributed by atoms with Crippen LogP contribution in [0.4, 0.5) is 0 Å². The van der Waals surface area contributed by atoms with Gasteiger partial charge in [0.2, 0.25) is 5.75 Å². The Kier molecular flexibility index (Phi) is 7.73. The van der Waals surface area contributed by atoms with E-state index in [0.29, 0.717) is 24.3 Å². The lowest BCUT2D eigenvalue weighted by Crippen LogP contribution is -2.26. The Bertz CT molecular complexity index is 793. The Morgan fingerprint density at radius 1 is 1.34 bits per heavy atom. The summed E-state index contributed by atoms with van der Waals surface area (Å²) in [5.41, 5.74) is 1.03. The van der Waals surface area contributed by atoms with E-state index in [2.05, 4.69) is 44.3 Å². The molecule has 0 aliphatic carbocycles. The van der Waals surface area contributed by atoms with Crippen molar-refractivity contribution in [3.8, 4) is 17.2 Å². The molecule has 1 aliphatic heterocycles. The molecule has 0 fully saturated rings. The fourth-order valence-corrected chi connectivity index (χ4v) is 3.23. The van der Waals surface area contributed by atoms with Crippen molar-refractivity contribution in [2.75, 3.05) is 6.61 Å². The van der Waals surface area contributed by atoms with Crippen LogP contribution >= 0.6 is 0 Å². The molecule has 6 nitrogen and oxygen atoms in total. The average Bonchev–Trinajstić information content (AvgIpc) is 2.98. The topological polar surface area (TPSA) is 99.0 Å². The van der Waals surface area contributed by atoms with Crippen molar-refractivity contribution in [3.63, 3.8) is 0 Å². The molecule has 1 heterocycles. The molecule has 4 N–H and O–H groups in total. The summed E-state index contributed by atoms with van der Waals surface area (Å²) < 4.78 is 5.55. The number of hydrogen-bond acceptors (Lipinski definition) is 5. The molecule has 0 radical (unpaired) electrons. The predicted molar refractivity (Wildman–Crippen MR) is 113 cm³/mol. The maximum absolute atomic E-state index is 11.6. The summed E-state index contributed by atoms with van der Waals surface area (Å²) in [6.07, 6.45) is 9.07. The third kappa shape index (κ3) is 6.53. The van der Waals surface area contributed by atoms with Crippen molar-refractivity contribution in [3.05, 3.63) is 41.0 Å². The molecule has 1 unspecified atom stereocenters. The van der Waals surface area contributed by atoms with Gasteiger partial charge >= 0.3 is 0 Å². The van der Waals surface area contributed by atoms with Gasteiger partial charge in [0.15, 0.2) is 11.5 Å². The molecule has 160 valence electrons. The summed E-state index contributed by atoms with van der Waals surface area (Å²) in [6, 6.07) is 1.30. The highest BCUT2D eigenvalue weighted by Gasteiger charge is 2.28. The van der Waals surface area contributed by atoms with Gasteiger partial charge in [0.25, 0.3) is 5.91 Å². The lowest BCUT2D eigenvalue weighted by molar-refractivity contribution is 0.0264. The smallest absolute Gasteiger partial charge is 0.252 e. The number of allylic oxidation sites excluding steroid dienone is 4. The molecule has 2 rings (SSSR count). The highest BCUT2D eigenvalue weighted by molar-refractivity contribution is 6.00. The first-order valence-electron chi connectivity index (χ1n) is 10.2. The van der Waals surface area contributed by atoms with Gasteiger partial charge < -0.3 is 25.4 Å². The second kappa shape index (κ2) is 9.83. The van der Waals surface area contributed by atoms with E-state index in [1.807, 2.05) is 0 Å². The molecule has 1 amide bonds. The number of hydrogen-bond donors (Lipinski definition) is 4. The highest BCUT2D eigenvalue weighted by atomic mass is 16.5. The van der Waals surface area contributed by atoms with Crippen molar-refractivity contribution in [1.82, 2.24) is 5.32 Å². The molecule has 1 aliphatic rings. The minimum Gasteiger partial charge on any atom is -0.504 e. The zero-order valence-electron chi connectivity index (χ0n) is 17.8. The summed E-state index contributed by atoms with van der Waals surface area (Å²) in [7, 11) is 0. The van der Waals surface area contributed by atoms with Gasteiger partial charge in [-0.15, -0.1) is 0 Å². The first-order chi connectivity index (χ1) is 13.6. The van der Waals surface area contributed by atoms with Crippen LogP contribution < -0.4 is 10.1 Å². The number of rotatable bonds is 10. The van der Waals surface area contributed by atoms with Gasteiger partial charge in [-0.2, -0.15) is 0 Å². The van der Waals surface area contributed by atoms with E-state index in [0.717, 1.165) is 12.8 Å². The molecule has 6 heteroatoms. The fraction of sp³-hybridized carbons (Fsp3) is 0.522. The van der Waals surface area contributed by atoms with Crippen LogP contribution in [0, 0.1) is 5.92 Å². The number of amides is 1. The zero-order valence-corrected chi connectivity index (χ0v) is 17.8. The van der Waals surface area contributed by atoms with E-state index in [-0.39, 0.29) is 41.9 Å². The number of aromatic hydroxyl groups is 2. The Labute approximate surface area is 172 Å². The number of ether oxygens (including phenoxy) is 1. The Morgan fingerprint density at radius 3 is 2.76 bits per heavy atom. The normalized spacial score (nSPS) is 16.2. The monoisotopic (exact) mass is 403 g/mol. The number of nitrogens with one attached hydrogen (secondary N) is 1. The van der Waals surface area contributed by atoms with Gasteiger partial charge in [0.1, 0.15) is 0 Å². The average molecular weight is 404 g/mol. The Morgan fingerprint density at radius 2 is 2.07 bits per heavy atom. The fourth-order valence-electron chi connectivity index (χ4n) is 3.23. The molecule has 0 saturated heterocycles. The van der Waals surface area contributed by atoms with Gasteiger partial charge in [-0.25, -0.2) is 0 Å². The van der Waals surface area contributed by atoms with Crippen molar-refractivity contribution in [2.45, 2.75) is 65.5 Å². The molecular formula is C23H33NO5. The van der Waals surface area contributed by atoms with Crippen molar-refractivity contribution >= 4 is 5.91 Å². The SMILES string of the molecule is C/C(=C\C=C\C(C)C)CCCC(C)(O)CCOc1c(O)cc2c(c1O)CNC2=O. The minimum absolute atomic E-state index is 0.0493. The maximum atomic E-state index is 11.6. The van der Waals surface area contributed by atoms with Crippen molar-refractivity contribution in [2.24, 2.45) is 5.92 Å². The predicted octanol–water partition coefficient (Wildman–Crippen LogP) is 4.19. The Balaban J connectivity index is 1.83. The summed E-state index contributed by atoms with van der Waals surface area (Å²) in [6.45, 7) is 8.46. The van der Waals surface area contributed by atoms with Crippen LogP contribution in [0.1, 0.15) is 69.3 Å². The van der Waals surface area contributed by atoms with E-state index in [1.54, 1.807) is 6.92 Å². The summed E-state index contributed by atoms with van der Waals surface area (Å²) >= 11 is 0. The van der Waals surface area contributed by atoms with Crippen molar-refractivity contribution < 1.29 is 24.9 Å². The standard InChI is InChI=1S/C23H33NO5/c1-15(2)7-5-8-16(3)9-6-10-23(4,28)11-12-29-21-19(25)13-17-18(20(21)26)14-24-22(17)27/h5,7-8,13,15,25-26,28H,6,9-12,14H2,1-4H3,(H,24,27)/b7-5+,16-8+. The van der Waals surface area contributed by atoms with Crippen molar-refractivity contribution in [1.29, 1.82) is 0 Å². The second-order valence-corrected chi connectivity index (χ2v) is 8.37. The van der Waals surface area contributed by atoms with Crippen LogP contribution in [0.5, 0.6) is 17.2 Å². The van der Waals surface area contributed by atoms with E-state index < -0.39 is 5.60 Å². The summed E-state index contributed by atoms with van der Waals surface area (Å²) in [4.78, 5) is 11.6. The number of benzene rings is 1. The highest BCUT2D eigenvalue weighted by Crippen LogP contribution is 2.42. The molecule has 29 heavy (non-hydrogen) atoms. The lowest BCUT2D eigenvalue weighted by atomic mass is 9.94. The van der Waals surface area contributed by atoms with Gasteiger partial charge in [0, 0.05) is 18.5 Å². The molecule has 0 aromatic heterocycles. The number of carbonyl (C=O) groups excluding carboxylic acids is 1. The second-order valence-electron chi connectivity index (χ2n) is 8.37.